The van der Waals surface area contributed by atoms with Crippen LogP contribution in [0.4, 0.5) is 0 Å². The van der Waals surface area contributed by atoms with Gasteiger partial charge in [0.15, 0.2) is 0 Å². The summed E-state index contributed by atoms with van der Waals surface area (Å²) in [4.78, 5) is 9.49. The Morgan fingerprint density at radius 2 is 2.00 bits per heavy atom. The Hall–Kier alpha value is -1.85. The van der Waals surface area contributed by atoms with Gasteiger partial charge in [-0.15, -0.1) is 11.8 Å². The lowest BCUT2D eigenvalue weighted by atomic mass is 10.3. The van der Waals surface area contributed by atoms with Crippen LogP contribution in [0.5, 0.6) is 0 Å². The minimum absolute atomic E-state index is 0.560. The van der Waals surface area contributed by atoms with Crippen LogP contribution in [0.25, 0.3) is 11.4 Å². The van der Waals surface area contributed by atoms with Crippen molar-refractivity contribution >= 4 is 23.4 Å². The quantitative estimate of drug-likeness (QED) is 0.680. The molecule has 20 heavy (non-hydrogen) atoms. The van der Waals surface area contributed by atoms with Gasteiger partial charge in [-0.25, -0.2) is 0 Å². The van der Waals surface area contributed by atoms with Gasteiger partial charge in [0.2, 0.25) is 11.7 Å². The lowest BCUT2D eigenvalue weighted by Gasteiger charge is -1.97. The van der Waals surface area contributed by atoms with E-state index in [2.05, 4.69) is 15.1 Å². The van der Waals surface area contributed by atoms with E-state index in [-0.39, 0.29) is 0 Å². The fourth-order valence-corrected chi connectivity index (χ4v) is 2.46. The summed E-state index contributed by atoms with van der Waals surface area (Å²) in [6, 6.07) is 11.4. The Labute approximate surface area is 125 Å². The molecule has 0 aliphatic carbocycles. The molecule has 3 rings (SSSR count). The number of nitrogens with zero attached hydrogens (tertiary/aromatic N) is 3. The Balaban J connectivity index is 1.67. The summed E-state index contributed by atoms with van der Waals surface area (Å²) >= 11 is 7.46. The molecule has 0 aliphatic rings. The molecular formula is C14H10ClN3OS. The molecule has 0 radical (unpaired) electrons. The third-order valence-corrected chi connectivity index (χ3v) is 3.81. The predicted molar refractivity (Wildman–Crippen MR) is 78.5 cm³/mol. The molecule has 100 valence electrons. The fraction of sp³-hybridized carbons (Fsp3) is 0.0714. The summed E-state index contributed by atoms with van der Waals surface area (Å²) in [6.45, 7) is 0. The van der Waals surface area contributed by atoms with E-state index in [1.54, 1.807) is 24.2 Å². The second kappa shape index (κ2) is 6.07. The van der Waals surface area contributed by atoms with Gasteiger partial charge in [0.05, 0.1) is 5.75 Å². The molecule has 0 N–H and O–H groups in total. The monoisotopic (exact) mass is 303 g/mol. The smallest absolute Gasteiger partial charge is 0.237 e. The van der Waals surface area contributed by atoms with E-state index in [1.807, 2.05) is 36.4 Å². The van der Waals surface area contributed by atoms with E-state index < -0.39 is 0 Å². The molecule has 2 aromatic heterocycles. The molecule has 0 unspecified atom stereocenters. The van der Waals surface area contributed by atoms with Gasteiger partial charge in [0.25, 0.3) is 0 Å². The maximum atomic E-state index is 5.84. The zero-order chi connectivity index (χ0) is 13.8. The van der Waals surface area contributed by atoms with E-state index in [1.165, 1.54) is 0 Å². The first kappa shape index (κ1) is 13.1. The molecule has 0 aliphatic heterocycles. The summed E-state index contributed by atoms with van der Waals surface area (Å²) < 4.78 is 5.23. The zero-order valence-electron chi connectivity index (χ0n) is 10.4. The highest BCUT2D eigenvalue weighted by Gasteiger charge is 2.08. The van der Waals surface area contributed by atoms with Crippen LogP contribution >= 0.6 is 23.4 Å². The van der Waals surface area contributed by atoms with Crippen molar-refractivity contribution in [2.45, 2.75) is 10.6 Å². The van der Waals surface area contributed by atoms with Crippen molar-refractivity contribution in [2.24, 2.45) is 0 Å². The normalized spacial score (nSPS) is 10.7. The van der Waals surface area contributed by atoms with Crippen LogP contribution in [-0.4, -0.2) is 15.1 Å². The standard InChI is InChI=1S/C14H10ClN3OS/c15-11-3-5-12(6-4-11)20-9-13-17-14(18-19-13)10-2-1-7-16-8-10/h1-8H,9H2. The molecule has 0 amide bonds. The summed E-state index contributed by atoms with van der Waals surface area (Å²) in [5.74, 6) is 1.77. The summed E-state index contributed by atoms with van der Waals surface area (Å²) in [7, 11) is 0. The number of halogens is 1. The largest absolute Gasteiger partial charge is 0.338 e. The number of rotatable bonds is 4. The first-order chi connectivity index (χ1) is 9.81. The molecule has 0 atom stereocenters. The van der Waals surface area contributed by atoms with Crippen LogP contribution in [0.2, 0.25) is 5.02 Å². The molecule has 3 aromatic rings. The van der Waals surface area contributed by atoms with Gasteiger partial charge in [-0.05, 0) is 36.4 Å². The van der Waals surface area contributed by atoms with Crippen LogP contribution in [0.1, 0.15) is 5.89 Å². The van der Waals surface area contributed by atoms with Gasteiger partial charge in [-0.2, -0.15) is 4.98 Å². The molecule has 0 saturated heterocycles. The minimum atomic E-state index is 0.560. The highest BCUT2D eigenvalue weighted by Crippen LogP contribution is 2.24. The topological polar surface area (TPSA) is 51.8 Å². The van der Waals surface area contributed by atoms with Crippen molar-refractivity contribution in [3.8, 4) is 11.4 Å². The number of pyridine rings is 1. The molecule has 0 bridgehead atoms. The van der Waals surface area contributed by atoms with Gasteiger partial charge in [-0.3, -0.25) is 4.98 Å². The number of hydrogen-bond donors (Lipinski definition) is 0. The second-order valence-electron chi connectivity index (χ2n) is 4.00. The van der Waals surface area contributed by atoms with Crippen LogP contribution in [0.3, 0.4) is 0 Å². The van der Waals surface area contributed by atoms with E-state index in [0.717, 1.165) is 15.5 Å². The van der Waals surface area contributed by atoms with Crippen molar-refractivity contribution in [2.75, 3.05) is 0 Å². The average molecular weight is 304 g/mol. The Kier molecular flexibility index (Phi) is 3.99. The SMILES string of the molecule is Clc1ccc(SCc2nc(-c3cccnc3)no2)cc1. The number of thioether (sulfide) groups is 1. The Morgan fingerprint density at radius 1 is 1.15 bits per heavy atom. The van der Waals surface area contributed by atoms with Crippen molar-refractivity contribution in [3.63, 3.8) is 0 Å². The van der Waals surface area contributed by atoms with E-state index in [9.17, 15) is 0 Å². The second-order valence-corrected chi connectivity index (χ2v) is 5.48. The van der Waals surface area contributed by atoms with Crippen molar-refractivity contribution < 1.29 is 4.52 Å². The zero-order valence-corrected chi connectivity index (χ0v) is 11.9. The van der Waals surface area contributed by atoms with Crippen molar-refractivity contribution in [1.29, 1.82) is 0 Å². The van der Waals surface area contributed by atoms with Gasteiger partial charge in [0.1, 0.15) is 0 Å². The predicted octanol–water partition coefficient (Wildman–Crippen LogP) is 4.08. The first-order valence-corrected chi connectivity index (χ1v) is 7.29. The van der Waals surface area contributed by atoms with Crippen LogP contribution < -0.4 is 0 Å². The molecular weight excluding hydrogens is 294 g/mol. The molecule has 4 nitrogen and oxygen atoms in total. The Bertz CT molecular complexity index is 685. The highest BCUT2D eigenvalue weighted by molar-refractivity contribution is 7.98. The first-order valence-electron chi connectivity index (χ1n) is 5.92. The number of benzene rings is 1. The van der Waals surface area contributed by atoms with Crippen molar-refractivity contribution in [1.82, 2.24) is 15.1 Å². The molecule has 0 spiro atoms. The van der Waals surface area contributed by atoms with Gasteiger partial charge < -0.3 is 4.52 Å². The van der Waals surface area contributed by atoms with Gasteiger partial charge in [0, 0.05) is 27.9 Å². The maximum absolute atomic E-state index is 5.84. The Morgan fingerprint density at radius 3 is 2.75 bits per heavy atom. The van der Waals surface area contributed by atoms with Crippen molar-refractivity contribution in [3.05, 3.63) is 59.7 Å². The average Bonchev–Trinajstić information content (AvgIpc) is 2.97. The molecule has 0 fully saturated rings. The van der Waals surface area contributed by atoms with E-state index >= 15 is 0 Å². The molecule has 2 heterocycles. The molecule has 0 saturated carbocycles. The molecule has 6 heteroatoms. The maximum Gasteiger partial charge on any atom is 0.237 e. The van der Waals surface area contributed by atoms with Gasteiger partial charge in [-0.1, -0.05) is 16.8 Å². The van der Waals surface area contributed by atoms with Crippen LogP contribution in [0, 0.1) is 0 Å². The van der Waals surface area contributed by atoms with E-state index in [0.29, 0.717) is 17.5 Å². The summed E-state index contributed by atoms with van der Waals surface area (Å²) in [5, 5.41) is 4.68. The summed E-state index contributed by atoms with van der Waals surface area (Å²) in [5.41, 5.74) is 0.846. The third-order valence-electron chi connectivity index (χ3n) is 2.56. The fourth-order valence-electron chi connectivity index (χ4n) is 1.60. The lowest BCUT2D eigenvalue weighted by Crippen LogP contribution is -1.83. The highest BCUT2D eigenvalue weighted by atomic mass is 35.5. The van der Waals surface area contributed by atoms with Crippen LogP contribution in [-0.2, 0) is 5.75 Å². The van der Waals surface area contributed by atoms with E-state index in [4.69, 9.17) is 16.1 Å². The third kappa shape index (κ3) is 3.18. The minimum Gasteiger partial charge on any atom is -0.338 e. The van der Waals surface area contributed by atoms with Gasteiger partial charge >= 0.3 is 0 Å². The molecule has 1 aromatic carbocycles. The lowest BCUT2D eigenvalue weighted by molar-refractivity contribution is 0.391. The summed E-state index contributed by atoms with van der Waals surface area (Å²) in [6.07, 6.45) is 3.42. The van der Waals surface area contributed by atoms with Crippen LogP contribution in [0.15, 0.2) is 58.2 Å². The number of hydrogen-bond acceptors (Lipinski definition) is 5. The number of aromatic nitrogens is 3.